The number of imidazole rings is 1. The molecule has 1 N–H and O–H groups in total. The summed E-state index contributed by atoms with van der Waals surface area (Å²) in [5.74, 6) is 1.18. The van der Waals surface area contributed by atoms with Crippen molar-refractivity contribution in [1.29, 1.82) is 0 Å². The van der Waals surface area contributed by atoms with E-state index in [0.29, 0.717) is 12.1 Å². The van der Waals surface area contributed by atoms with Crippen molar-refractivity contribution in [1.82, 2.24) is 24.8 Å². The van der Waals surface area contributed by atoms with Crippen LogP contribution in [-0.4, -0.2) is 45.6 Å². The number of pyridine rings is 1. The summed E-state index contributed by atoms with van der Waals surface area (Å²) in [6.45, 7) is 3.32. The highest BCUT2D eigenvalue weighted by molar-refractivity contribution is 5.71. The summed E-state index contributed by atoms with van der Waals surface area (Å²) in [4.78, 5) is 11.9. The van der Waals surface area contributed by atoms with E-state index in [9.17, 15) is 0 Å². The number of hydrogen-bond donors (Lipinski definition) is 1. The van der Waals surface area contributed by atoms with Crippen LogP contribution in [0.2, 0.25) is 0 Å². The first-order chi connectivity index (χ1) is 10.3. The molecule has 21 heavy (non-hydrogen) atoms. The van der Waals surface area contributed by atoms with Crippen molar-refractivity contribution < 1.29 is 0 Å². The van der Waals surface area contributed by atoms with Crippen LogP contribution in [-0.2, 0) is 6.54 Å². The van der Waals surface area contributed by atoms with Gasteiger partial charge in [-0.1, -0.05) is 0 Å². The fourth-order valence-corrected chi connectivity index (χ4v) is 3.75. The van der Waals surface area contributed by atoms with Crippen LogP contribution in [0, 0.1) is 0 Å². The van der Waals surface area contributed by atoms with Gasteiger partial charge in [0.25, 0.3) is 0 Å². The molecule has 0 aromatic carbocycles. The molecule has 0 radical (unpaired) electrons. The van der Waals surface area contributed by atoms with Gasteiger partial charge < -0.3 is 14.8 Å². The fourth-order valence-electron chi connectivity index (χ4n) is 3.75. The van der Waals surface area contributed by atoms with E-state index < -0.39 is 0 Å². The van der Waals surface area contributed by atoms with Crippen LogP contribution in [0.1, 0.15) is 37.5 Å². The zero-order chi connectivity index (χ0) is 14.2. The van der Waals surface area contributed by atoms with Gasteiger partial charge in [-0.2, -0.15) is 0 Å². The molecule has 0 aliphatic carbocycles. The van der Waals surface area contributed by atoms with Crippen molar-refractivity contribution in [3.63, 3.8) is 0 Å². The van der Waals surface area contributed by atoms with Crippen LogP contribution in [0.4, 0.5) is 0 Å². The molecule has 2 atom stereocenters. The number of aromatic nitrogens is 3. The Morgan fingerprint density at radius 1 is 1.33 bits per heavy atom. The molecular formula is C16H23N5. The molecule has 2 fully saturated rings. The highest BCUT2D eigenvalue weighted by Crippen LogP contribution is 2.27. The first kappa shape index (κ1) is 13.2. The molecule has 4 heterocycles. The van der Waals surface area contributed by atoms with Crippen molar-refractivity contribution in [2.45, 2.75) is 44.3 Å². The van der Waals surface area contributed by atoms with Gasteiger partial charge in [-0.15, -0.1) is 0 Å². The second-order valence-corrected chi connectivity index (χ2v) is 6.35. The largest absolute Gasteiger partial charge is 0.310 e. The number of fused-ring (bicyclic) bond motifs is 1. The van der Waals surface area contributed by atoms with E-state index in [2.05, 4.69) is 32.9 Å². The lowest BCUT2D eigenvalue weighted by molar-refractivity contribution is 0.280. The molecule has 0 bridgehead atoms. The second-order valence-electron chi connectivity index (χ2n) is 6.35. The molecule has 2 aromatic heterocycles. The predicted octanol–water partition coefficient (Wildman–Crippen LogP) is 1.95. The maximum absolute atomic E-state index is 4.88. The third kappa shape index (κ3) is 2.34. The number of likely N-dealkylation sites (N-methyl/N-ethyl adjacent to an activating group) is 1. The molecule has 0 spiro atoms. The average molecular weight is 285 g/mol. The van der Waals surface area contributed by atoms with Crippen molar-refractivity contribution >= 4 is 11.2 Å². The fraction of sp³-hybridized carbons (Fsp3) is 0.625. The van der Waals surface area contributed by atoms with Crippen molar-refractivity contribution in [3.8, 4) is 0 Å². The number of nitrogens with zero attached hydrogens (tertiary/aromatic N) is 4. The van der Waals surface area contributed by atoms with Gasteiger partial charge >= 0.3 is 0 Å². The maximum atomic E-state index is 4.88. The van der Waals surface area contributed by atoms with Crippen LogP contribution < -0.4 is 5.32 Å². The van der Waals surface area contributed by atoms with Crippen LogP contribution in [0.15, 0.2) is 18.3 Å². The highest BCUT2D eigenvalue weighted by atomic mass is 15.2. The minimum absolute atomic E-state index is 0.394. The van der Waals surface area contributed by atoms with E-state index >= 15 is 0 Å². The van der Waals surface area contributed by atoms with Gasteiger partial charge in [-0.3, -0.25) is 0 Å². The first-order valence-electron chi connectivity index (χ1n) is 8.08. The molecule has 2 aromatic rings. The van der Waals surface area contributed by atoms with Crippen LogP contribution in [0.3, 0.4) is 0 Å². The zero-order valence-corrected chi connectivity index (χ0v) is 12.6. The lowest BCUT2D eigenvalue weighted by Gasteiger charge is -2.22. The summed E-state index contributed by atoms with van der Waals surface area (Å²) in [6, 6.07) is 5.07. The SMILES string of the molecule is CN1CCCC1Cn1c(C2CCCN2)nc2cccnc21. The molecule has 112 valence electrons. The van der Waals surface area contributed by atoms with E-state index in [1.165, 1.54) is 38.1 Å². The summed E-state index contributed by atoms with van der Waals surface area (Å²) < 4.78 is 2.37. The molecule has 5 nitrogen and oxygen atoms in total. The minimum Gasteiger partial charge on any atom is -0.310 e. The second kappa shape index (κ2) is 5.39. The Balaban J connectivity index is 1.74. The summed E-state index contributed by atoms with van der Waals surface area (Å²) in [7, 11) is 2.23. The van der Waals surface area contributed by atoms with E-state index in [-0.39, 0.29) is 0 Å². The van der Waals surface area contributed by atoms with Crippen molar-refractivity contribution in [2.24, 2.45) is 0 Å². The van der Waals surface area contributed by atoms with Crippen molar-refractivity contribution in [2.75, 3.05) is 20.1 Å². The number of nitrogens with one attached hydrogen (secondary N) is 1. The van der Waals surface area contributed by atoms with Gasteiger partial charge in [0.1, 0.15) is 11.3 Å². The molecule has 4 rings (SSSR count). The molecule has 0 saturated carbocycles. The molecule has 2 aliphatic heterocycles. The van der Waals surface area contributed by atoms with Crippen molar-refractivity contribution in [3.05, 3.63) is 24.2 Å². The molecule has 5 heteroatoms. The van der Waals surface area contributed by atoms with Crippen LogP contribution in [0.25, 0.3) is 11.2 Å². The van der Waals surface area contributed by atoms with E-state index in [4.69, 9.17) is 4.98 Å². The Hall–Kier alpha value is -1.46. The predicted molar refractivity (Wildman–Crippen MR) is 83.2 cm³/mol. The average Bonchev–Trinajstić information content (AvgIpc) is 3.21. The number of likely N-dealkylation sites (tertiary alicyclic amines) is 1. The van der Waals surface area contributed by atoms with E-state index in [0.717, 1.165) is 24.3 Å². The summed E-state index contributed by atoms with van der Waals surface area (Å²) >= 11 is 0. The first-order valence-corrected chi connectivity index (χ1v) is 8.08. The Morgan fingerprint density at radius 3 is 3.05 bits per heavy atom. The Labute approximate surface area is 125 Å². The standard InChI is InChI=1S/C16H23N5/c1-20-10-4-5-12(20)11-21-15-14(7-3-9-18-15)19-16(21)13-6-2-8-17-13/h3,7,9,12-13,17H,2,4-6,8,10-11H2,1H3. The Morgan fingerprint density at radius 2 is 2.29 bits per heavy atom. The highest BCUT2D eigenvalue weighted by Gasteiger charge is 2.27. The van der Waals surface area contributed by atoms with Crippen LogP contribution in [0.5, 0.6) is 0 Å². The van der Waals surface area contributed by atoms with Gasteiger partial charge in [0.2, 0.25) is 0 Å². The smallest absolute Gasteiger partial charge is 0.160 e. The third-order valence-electron chi connectivity index (χ3n) is 4.97. The summed E-state index contributed by atoms with van der Waals surface area (Å²) in [6.07, 6.45) is 6.89. The van der Waals surface area contributed by atoms with Gasteiger partial charge in [0.15, 0.2) is 5.65 Å². The van der Waals surface area contributed by atoms with Crippen LogP contribution >= 0.6 is 0 Å². The Kier molecular flexibility index (Phi) is 3.39. The topological polar surface area (TPSA) is 46.0 Å². The molecule has 2 saturated heterocycles. The van der Waals surface area contributed by atoms with Gasteiger partial charge in [-0.05, 0) is 58.0 Å². The molecule has 0 amide bonds. The summed E-state index contributed by atoms with van der Waals surface area (Å²) in [5, 5.41) is 3.59. The van der Waals surface area contributed by atoms with E-state index in [1.54, 1.807) is 0 Å². The van der Waals surface area contributed by atoms with Gasteiger partial charge in [0, 0.05) is 18.8 Å². The lowest BCUT2D eigenvalue weighted by atomic mass is 10.2. The monoisotopic (exact) mass is 285 g/mol. The quantitative estimate of drug-likeness (QED) is 0.936. The zero-order valence-electron chi connectivity index (χ0n) is 12.6. The normalized spacial score (nSPS) is 26.9. The maximum Gasteiger partial charge on any atom is 0.160 e. The van der Waals surface area contributed by atoms with Gasteiger partial charge in [-0.25, -0.2) is 9.97 Å². The third-order valence-corrected chi connectivity index (χ3v) is 4.97. The molecular weight excluding hydrogens is 262 g/mol. The molecule has 2 aliphatic rings. The Bertz CT molecular complexity index is 629. The summed E-state index contributed by atoms with van der Waals surface area (Å²) in [5.41, 5.74) is 2.07. The molecule has 2 unspecified atom stereocenters. The lowest BCUT2D eigenvalue weighted by Crippen LogP contribution is -2.31. The van der Waals surface area contributed by atoms with E-state index in [1.807, 2.05) is 12.3 Å². The van der Waals surface area contributed by atoms with Gasteiger partial charge in [0.05, 0.1) is 6.04 Å². The minimum atomic E-state index is 0.394. The number of hydrogen-bond acceptors (Lipinski definition) is 4. The number of rotatable bonds is 3.